The number of hydrogen-bond donors (Lipinski definition) is 0. The number of hydrogen-bond acceptors (Lipinski definition) is 4. The topological polar surface area (TPSA) is 51.0 Å². The summed E-state index contributed by atoms with van der Waals surface area (Å²) in [5.74, 6) is 2.51. The number of allylic oxidation sites excluding steroid dienone is 1. The number of amides is 1. The first-order valence-electron chi connectivity index (χ1n) is 10.7. The number of nitrogens with zero attached hydrogens (tertiary/aromatic N) is 4. The van der Waals surface area contributed by atoms with Gasteiger partial charge in [0, 0.05) is 25.2 Å². The first-order chi connectivity index (χ1) is 14.2. The Balaban J connectivity index is 1.74. The Bertz CT molecular complexity index is 872. The average Bonchev–Trinajstić information content (AvgIpc) is 3.07. The maximum atomic E-state index is 12.8. The third kappa shape index (κ3) is 5.34. The lowest BCUT2D eigenvalue weighted by molar-refractivity contribution is -0.130. The van der Waals surface area contributed by atoms with E-state index in [0.717, 1.165) is 29.6 Å². The summed E-state index contributed by atoms with van der Waals surface area (Å²) >= 11 is 1.46. The fourth-order valence-corrected chi connectivity index (χ4v) is 4.96. The smallest absolute Gasteiger partial charge is 0.233 e. The second-order valence-corrected chi connectivity index (χ2v) is 10.5. The van der Waals surface area contributed by atoms with Gasteiger partial charge in [0.25, 0.3) is 0 Å². The molecule has 0 saturated carbocycles. The van der Waals surface area contributed by atoms with Crippen molar-refractivity contribution in [2.75, 3.05) is 18.8 Å². The zero-order valence-electron chi connectivity index (χ0n) is 18.9. The summed E-state index contributed by atoms with van der Waals surface area (Å²) < 4.78 is 2.04. The van der Waals surface area contributed by atoms with Crippen LogP contribution in [0.25, 0.3) is 11.4 Å². The summed E-state index contributed by atoms with van der Waals surface area (Å²) in [6, 6.07) is 8.50. The molecule has 1 saturated heterocycles. The highest BCUT2D eigenvalue weighted by atomic mass is 32.2. The van der Waals surface area contributed by atoms with E-state index in [1.807, 2.05) is 15.5 Å². The van der Waals surface area contributed by atoms with E-state index in [-0.39, 0.29) is 11.3 Å². The van der Waals surface area contributed by atoms with E-state index in [1.54, 1.807) is 0 Å². The van der Waals surface area contributed by atoms with E-state index in [0.29, 0.717) is 24.1 Å². The Labute approximate surface area is 185 Å². The molecule has 1 aromatic carbocycles. The molecule has 0 spiro atoms. The highest BCUT2D eigenvalue weighted by molar-refractivity contribution is 7.99. The Hall–Kier alpha value is -2.08. The fraction of sp³-hybridized carbons (Fsp3) is 0.542. The fourth-order valence-electron chi connectivity index (χ4n) is 4.11. The summed E-state index contributed by atoms with van der Waals surface area (Å²) in [5, 5.41) is 9.58. The molecule has 0 bridgehead atoms. The number of thioether (sulfide) groups is 1. The van der Waals surface area contributed by atoms with Crippen molar-refractivity contribution >= 4 is 17.7 Å². The molecule has 5 nitrogen and oxygen atoms in total. The summed E-state index contributed by atoms with van der Waals surface area (Å²) in [6.45, 7) is 17.3. The number of benzene rings is 1. The largest absolute Gasteiger partial charge is 0.341 e. The number of carbonyl (C=O) groups is 1. The van der Waals surface area contributed by atoms with E-state index >= 15 is 0 Å². The summed E-state index contributed by atoms with van der Waals surface area (Å²) in [4.78, 5) is 14.8. The van der Waals surface area contributed by atoms with E-state index in [2.05, 4.69) is 75.7 Å². The van der Waals surface area contributed by atoms with Crippen LogP contribution in [0.2, 0.25) is 0 Å². The molecule has 2 unspecified atom stereocenters. The molecule has 2 atom stereocenters. The van der Waals surface area contributed by atoms with Crippen molar-refractivity contribution in [3.05, 3.63) is 42.5 Å². The minimum Gasteiger partial charge on any atom is -0.341 e. The summed E-state index contributed by atoms with van der Waals surface area (Å²) in [5.41, 5.74) is 2.42. The summed E-state index contributed by atoms with van der Waals surface area (Å²) in [7, 11) is 0. The lowest BCUT2D eigenvalue weighted by atomic mass is 9.87. The van der Waals surface area contributed by atoms with Gasteiger partial charge in [0.2, 0.25) is 5.91 Å². The zero-order chi connectivity index (χ0) is 21.9. The molecule has 1 amide bonds. The Morgan fingerprint density at radius 2 is 1.80 bits per heavy atom. The molecule has 0 radical (unpaired) electrons. The van der Waals surface area contributed by atoms with E-state index < -0.39 is 0 Å². The van der Waals surface area contributed by atoms with Gasteiger partial charge in [-0.3, -0.25) is 9.36 Å². The lowest BCUT2D eigenvalue weighted by Crippen LogP contribution is -2.43. The molecule has 2 aromatic rings. The highest BCUT2D eigenvalue weighted by Crippen LogP contribution is 2.28. The van der Waals surface area contributed by atoms with Crippen LogP contribution in [-0.2, 0) is 16.8 Å². The van der Waals surface area contributed by atoms with Gasteiger partial charge in [0.1, 0.15) is 0 Å². The van der Waals surface area contributed by atoms with Crippen LogP contribution < -0.4 is 0 Å². The molecule has 162 valence electrons. The van der Waals surface area contributed by atoms with Gasteiger partial charge in [0.15, 0.2) is 11.0 Å². The standard InChI is InChI=1S/C24H34N4OS/c1-7-12-28-22(19-8-10-20(11-9-19)24(4,5)6)25-26-23(28)30-16-21(29)27-14-17(2)13-18(3)15-27/h7-11,17-18H,1,12-16H2,2-6H3. The number of carbonyl (C=O) groups excluding carboxylic acids is 1. The van der Waals surface area contributed by atoms with E-state index in [1.165, 1.54) is 23.7 Å². The van der Waals surface area contributed by atoms with Crippen molar-refractivity contribution in [1.29, 1.82) is 0 Å². The van der Waals surface area contributed by atoms with Crippen molar-refractivity contribution in [2.24, 2.45) is 11.8 Å². The molecular weight excluding hydrogens is 392 g/mol. The Morgan fingerprint density at radius 1 is 1.17 bits per heavy atom. The van der Waals surface area contributed by atoms with E-state index in [9.17, 15) is 4.79 Å². The molecule has 0 N–H and O–H groups in total. The predicted octanol–water partition coefficient (Wildman–Crippen LogP) is 5.03. The quantitative estimate of drug-likeness (QED) is 0.480. The number of likely N-dealkylation sites (tertiary alicyclic amines) is 1. The first kappa shape index (κ1) is 22.6. The maximum Gasteiger partial charge on any atom is 0.233 e. The van der Waals surface area contributed by atoms with Crippen LogP contribution in [-0.4, -0.2) is 44.4 Å². The molecule has 1 aliphatic rings. The van der Waals surface area contributed by atoms with Crippen LogP contribution >= 0.6 is 11.8 Å². The van der Waals surface area contributed by atoms with Gasteiger partial charge in [-0.25, -0.2) is 0 Å². The first-order valence-corrected chi connectivity index (χ1v) is 11.7. The monoisotopic (exact) mass is 426 g/mol. The van der Waals surface area contributed by atoms with Crippen LogP contribution in [0.4, 0.5) is 0 Å². The third-order valence-electron chi connectivity index (χ3n) is 5.58. The van der Waals surface area contributed by atoms with Crippen molar-refractivity contribution in [3.63, 3.8) is 0 Å². The molecule has 6 heteroatoms. The van der Waals surface area contributed by atoms with Crippen molar-refractivity contribution in [3.8, 4) is 11.4 Å². The molecule has 30 heavy (non-hydrogen) atoms. The minimum absolute atomic E-state index is 0.109. The van der Waals surface area contributed by atoms with Crippen LogP contribution in [0.1, 0.15) is 46.6 Å². The highest BCUT2D eigenvalue weighted by Gasteiger charge is 2.26. The van der Waals surface area contributed by atoms with Gasteiger partial charge in [-0.2, -0.15) is 0 Å². The van der Waals surface area contributed by atoms with Gasteiger partial charge in [0.05, 0.1) is 5.75 Å². The zero-order valence-corrected chi connectivity index (χ0v) is 19.7. The maximum absolute atomic E-state index is 12.8. The second-order valence-electron chi connectivity index (χ2n) is 9.57. The van der Waals surface area contributed by atoms with Crippen LogP contribution in [0, 0.1) is 11.8 Å². The third-order valence-corrected chi connectivity index (χ3v) is 6.54. The van der Waals surface area contributed by atoms with Crippen molar-refractivity contribution in [2.45, 2.75) is 58.2 Å². The Morgan fingerprint density at radius 3 is 2.37 bits per heavy atom. The van der Waals surface area contributed by atoms with Crippen molar-refractivity contribution in [1.82, 2.24) is 19.7 Å². The molecule has 1 aliphatic heterocycles. The Kier molecular flexibility index (Phi) is 7.06. The van der Waals surface area contributed by atoms with Crippen LogP contribution in [0.3, 0.4) is 0 Å². The van der Waals surface area contributed by atoms with Gasteiger partial charge >= 0.3 is 0 Å². The SMILES string of the molecule is C=CCn1c(SCC(=O)N2CC(C)CC(C)C2)nnc1-c1ccc(C(C)(C)C)cc1. The second kappa shape index (κ2) is 9.38. The van der Waals surface area contributed by atoms with Gasteiger partial charge in [-0.1, -0.05) is 76.7 Å². The van der Waals surface area contributed by atoms with Crippen LogP contribution in [0.5, 0.6) is 0 Å². The number of piperidine rings is 1. The lowest BCUT2D eigenvalue weighted by Gasteiger charge is -2.34. The van der Waals surface area contributed by atoms with Gasteiger partial charge < -0.3 is 4.90 Å². The number of aromatic nitrogens is 3. The molecule has 1 aromatic heterocycles. The van der Waals surface area contributed by atoms with E-state index in [4.69, 9.17) is 0 Å². The molecular formula is C24H34N4OS. The van der Waals surface area contributed by atoms with Gasteiger partial charge in [-0.05, 0) is 29.2 Å². The molecule has 2 heterocycles. The molecule has 1 fully saturated rings. The minimum atomic E-state index is 0.109. The van der Waals surface area contributed by atoms with Gasteiger partial charge in [-0.15, -0.1) is 16.8 Å². The summed E-state index contributed by atoms with van der Waals surface area (Å²) in [6.07, 6.45) is 3.04. The molecule has 0 aliphatic carbocycles. The van der Waals surface area contributed by atoms with Crippen molar-refractivity contribution < 1.29 is 4.79 Å². The number of rotatable bonds is 6. The normalized spacial score (nSPS) is 19.7. The predicted molar refractivity (Wildman–Crippen MR) is 125 cm³/mol. The molecule has 3 rings (SSSR count). The average molecular weight is 427 g/mol. The van der Waals surface area contributed by atoms with Crippen LogP contribution in [0.15, 0.2) is 42.1 Å².